The highest BCUT2D eigenvalue weighted by molar-refractivity contribution is 5.77. The van der Waals surface area contributed by atoms with Gasteiger partial charge in [-0.3, -0.25) is 0 Å². The summed E-state index contributed by atoms with van der Waals surface area (Å²) >= 11 is 0. The second kappa shape index (κ2) is 12.8. The van der Waals surface area contributed by atoms with Crippen LogP contribution in [0.5, 0.6) is 0 Å². The number of carboxylic acid groups (broad SMARTS) is 1. The molecular formula is C20H38O3. The molecular weight excluding hydrogens is 288 g/mol. The van der Waals surface area contributed by atoms with Gasteiger partial charge in [0, 0.05) is 6.61 Å². The molecule has 0 saturated carbocycles. The highest BCUT2D eigenvalue weighted by atomic mass is 16.5. The van der Waals surface area contributed by atoms with Crippen LogP contribution < -0.4 is 0 Å². The third kappa shape index (κ3) is 8.74. The summed E-state index contributed by atoms with van der Waals surface area (Å²) in [5.41, 5.74) is -0.849. The van der Waals surface area contributed by atoms with Crippen molar-refractivity contribution in [2.75, 3.05) is 6.61 Å². The van der Waals surface area contributed by atoms with Crippen LogP contribution in [0.2, 0.25) is 0 Å². The van der Waals surface area contributed by atoms with E-state index in [1.54, 1.807) is 0 Å². The van der Waals surface area contributed by atoms with E-state index in [0.717, 1.165) is 19.3 Å². The van der Waals surface area contributed by atoms with Crippen LogP contribution in [0.4, 0.5) is 0 Å². The molecule has 1 aliphatic rings. The van der Waals surface area contributed by atoms with Crippen molar-refractivity contribution in [1.82, 2.24) is 0 Å². The fraction of sp³-hybridized carbons (Fsp3) is 0.950. The zero-order valence-electron chi connectivity index (χ0n) is 15.3. The second-order valence-electron chi connectivity index (χ2n) is 7.24. The van der Waals surface area contributed by atoms with E-state index < -0.39 is 11.6 Å². The van der Waals surface area contributed by atoms with Gasteiger partial charge < -0.3 is 9.84 Å². The van der Waals surface area contributed by atoms with E-state index in [1.807, 2.05) is 0 Å². The van der Waals surface area contributed by atoms with Gasteiger partial charge in [0.15, 0.2) is 5.60 Å². The van der Waals surface area contributed by atoms with Gasteiger partial charge in [0.2, 0.25) is 0 Å². The first kappa shape index (κ1) is 20.5. The average molecular weight is 327 g/mol. The third-order valence-corrected chi connectivity index (χ3v) is 5.18. The molecule has 1 N–H and O–H groups in total. The van der Waals surface area contributed by atoms with E-state index in [-0.39, 0.29) is 0 Å². The zero-order valence-corrected chi connectivity index (χ0v) is 15.3. The fourth-order valence-electron chi connectivity index (χ4n) is 3.60. The number of aliphatic carboxylic acids is 1. The summed E-state index contributed by atoms with van der Waals surface area (Å²) in [6, 6.07) is 0. The van der Waals surface area contributed by atoms with Gasteiger partial charge >= 0.3 is 5.97 Å². The summed E-state index contributed by atoms with van der Waals surface area (Å²) < 4.78 is 5.51. The first-order valence-corrected chi connectivity index (χ1v) is 10.1. The van der Waals surface area contributed by atoms with Gasteiger partial charge in [-0.1, -0.05) is 84.0 Å². The Morgan fingerprint density at radius 2 is 1.35 bits per heavy atom. The van der Waals surface area contributed by atoms with Crippen molar-refractivity contribution in [2.24, 2.45) is 0 Å². The highest BCUT2D eigenvalue weighted by Crippen LogP contribution is 2.31. The van der Waals surface area contributed by atoms with Crippen LogP contribution in [0, 0.1) is 0 Å². The smallest absolute Gasteiger partial charge is 0.335 e. The lowest BCUT2D eigenvalue weighted by Crippen LogP contribution is -2.37. The summed E-state index contributed by atoms with van der Waals surface area (Å²) in [5, 5.41) is 9.33. The minimum absolute atomic E-state index is 0.616. The van der Waals surface area contributed by atoms with Crippen molar-refractivity contribution in [3.8, 4) is 0 Å². The number of carbonyl (C=O) groups is 1. The standard InChI is InChI=1S/C20H38O3/c1-2-3-4-5-6-7-8-9-10-11-12-13-14-16-20(19(21)22)17-15-18-23-20/h2-18H2,1H3,(H,21,22). The Hall–Kier alpha value is -0.570. The van der Waals surface area contributed by atoms with E-state index >= 15 is 0 Å². The Bertz CT molecular complexity index is 295. The lowest BCUT2D eigenvalue weighted by Gasteiger charge is -2.22. The predicted molar refractivity (Wildman–Crippen MR) is 95.9 cm³/mol. The van der Waals surface area contributed by atoms with Crippen molar-refractivity contribution in [3.05, 3.63) is 0 Å². The van der Waals surface area contributed by atoms with Crippen molar-refractivity contribution in [3.63, 3.8) is 0 Å². The molecule has 3 nitrogen and oxygen atoms in total. The highest BCUT2D eigenvalue weighted by Gasteiger charge is 2.41. The second-order valence-corrected chi connectivity index (χ2v) is 7.24. The van der Waals surface area contributed by atoms with E-state index in [2.05, 4.69) is 6.92 Å². The van der Waals surface area contributed by atoms with E-state index in [1.165, 1.54) is 70.6 Å². The fourth-order valence-corrected chi connectivity index (χ4v) is 3.60. The summed E-state index contributed by atoms with van der Waals surface area (Å²) in [6.07, 6.45) is 19.5. The molecule has 1 atom stereocenters. The van der Waals surface area contributed by atoms with Crippen molar-refractivity contribution in [2.45, 2.75) is 115 Å². The topological polar surface area (TPSA) is 46.5 Å². The first-order valence-electron chi connectivity index (χ1n) is 10.1. The summed E-state index contributed by atoms with van der Waals surface area (Å²) in [5.74, 6) is -0.756. The van der Waals surface area contributed by atoms with E-state index in [9.17, 15) is 9.90 Å². The molecule has 0 bridgehead atoms. The Balaban J connectivity index is 1.85. The Morgan fingerprint density at radius 1 is 0.870 bits per heavy atom. The molecule has 1 fully saturated rings. The van der Waals surface area contributed by atoms with Crippen LogP contribution in [-0.4, -0.2) is 23.3 Å². The van der Waals surface area contributed by atoms with Gasteiger partial charge in [-0.25, -0.2) is 4.79 Å². The number of carboxylic acids is 1. The van der Waals surface area contributed by atoms with Gasteiger partial charge in [-0.15, -0.1) is 0 Å². The Morgan fingerprint density at radius 3 is 1.74 bits per heavy atom. The zero-order chi connectivity index (χ0) is 16.8. The molecule has 1 aliphatic heterocycles. The van der Waals surface area contributed by atoms with Crippen molar-refractivity contribution < 1.29 is 14.6 Å². The van der Waals surface area contributed by atoms with Gasteiger partial charge in [-0.2, -0.15) is 0 Å². The molecule has 0 amide bonds. The number of hydrogen-bond acceptors (Lipinski definition) is 2. The van der Waals surface area contributed by atoms with Crippen LogP contribution in [-0.2, 0) is 9.53 Å². The first-order chi connectivity index (χ1) is 11.2. The van der Waals surface area contributed by atoms with E-state index in [0.29, 0.717) is 19.4 Å². The van der Waals surface area contributed by atoms with Crippen LogP contribution in [0.25, 0.3) is 0 Å². The molecule has 1 saturated heterocycles. The van der Waals surface area contributed by atoms with Crippen LogP contribution in [0.15, 0.2) is 0 Å². The number of hydrogen-bond donors (Lipinski definition) is 1. The van der Waals surface area contributed by atoms with Crippen LogP contribution >= 0.6 is 0 Å². The molecule has 0 aliphatic carbocycles. The quantitative estimate of drug-likeness (QED) is 0.370. The molecule has 0 radical (unpaired) electrons. The minimum atomic E-state index is -0.849. The monoisotopic (exact) mass is 326 g/mol. The van der Waals surface area contributed by atoms with Crippen LogP contribution in [0.1, 0.15) is 110 Å². The maximum absolute atomic E-state index is 11.3. The average Bonchev–Trinajstić information content (AvgIpc) is 3.02. The molecule has 136 valence electrons. The maximum Gasteiger partial charge on any atom is 0.335 e. The third-order valence-electron chi connectivity index (χ3n) is 5.18. The molecule has 0 aromatic rings. The SMILES string of the molecule is CCCCCCCCCCCCCCCC1(C(=O)O)CCCO1. The summed E-state index contributed by atoms with van der Waals surface area (Å²) in [4.78, 5) is 11.3. The molecule has 23 heavy (non-hydrogen) atoms. The van der Waals surface area contributed by atoms with Crippen molar-refractivity contribution in [1.29, 1.82) is 0 Å². The largest absolute Gasteiger partial charge is 0.479 e. The van der Waals surface area contributed by atoms with E-state index in [4.69, 9.17) is 4.74 Å². The number of unbranched alkanes of at least 4 members (excludes halogenated alkanes) is 12. The van der Waals surface area contributed by atoms with Crippen molar-refractivity contribution >= 4 is 5.97 Å². The van der Waals surface area contributed by atoms with Gasteiger partial charge in [0.25, 0.3) is 0 Å². The Labute approximate surface area is 143 Å². The molecule has 3 heteroatoms. The summed E-state index contributed by atoms with van der Waals surface area (Å²) in [7, 11) is 0. The molecule has 0 aromatic heterocycles. The minimum Gasteiger partial charge on any atom is -0.479 e. The van der Waals surface area contributed by atoms with Crippen LogP contribution in [0.3, 0.4) is 0 Å². The van der Waals surface area contributed by atoms with Gasteiger partial charge in [-0.05, 0) is 25.7 Å². The maximum atomic E-state index is 11.3. The molecule has 1 rings (SSSR count). The summed E-state index contributed by atoms with van der Waals surface area (Å²) in [6.45, 7) is 2.88. The predicted octanol–water partition coefficient (Wildman–Crippen LogP) is 6.10. The number of rotatable bonds is 15. The molecule has 0 spiro atoms. The lowest BCUT2D eigenvalue weighted by molar-refractivity contribution is -0.161. The van der Waals surface area contributed by atoms with Gasteiger partial charge in [0.1, 0.15) is 0 Å². The molecule has 1 heterocycles. The molecule has 0 aromatic carbocycles. The number of ether oxygens (including phenoxy) is 1. The van der Waals surface area contributed by atoms with Gasteiger partial charge in [0.05, 0.1) is 0 Å². The normalized spacial score (nSPS) is 20.9. The molecule has 1 unspecified atom stereocenters. The lowest BCUT2D eigenvalue weighted by atomic mass is 9.92. The Kier molecular flexibility index (Phi) is 11.4.